The van der Waals surface area contributed by atoms with Crippen LogP contribution in [-0.2, 0) is 4.79 Å². The zero-order valence-corrected chi connectivity index (χ0v) is 15.4. The predicted molar refractivity (Wildman–Crippen MR) is 102 cm³/mol. The number of halogens is 1. The van der Waals surface area contributed by atoms with E-state index in [0.29, 0.717) is 27.5 Å². The van der Waals surface area contributed by atoms with Crippen LogP contribution in [0.4, 0.5) is 10.5 Å². The highest BCUT2D eigenvalue weighted by Gasteiger charge is 2.31. The second-order valence-corrected chi connectivity index (χ2v) is 6.40. The molecular weight excluding hydrogens is 370 g/mol. The van der Waals surface area contributed by atoms with Crippen LogP contribution in [0.3, 0.4) is 0 Å². The van der Waals surface area contributed by atoms with E-state index >= 15 is 0 Å². The monoisotopic (exact) mass is 387 g/mol. The molecule has 140 valence electrons. The number of benzene rings is 2. The van der Waals surface area contributed by atoms with Gasteiger partial charge in [0.1, 0.15) is 0 Å². The molecule has 0 aliphatic carbocycles. The minimum absolute atomic E-state index is 0.0351. The Labute approximate surface area is 161 Å². The van der Waals surface area contributed by atoms with Crippen molar-refractivity contribution in [3.63, 3.8) is 0 Å². The molecule has 0 spiro atoms. The maximum Gasteiger partial charge on any atom is 0.319 e. The lowest BCUT2D eigenvalue weighted by Gasteiger charge is -2.29. The van der Waals surface area contributed by atoms with E-state index in [2.05, 4.69) is 16.0 Å². The largest absolute Gasteiger partial charge is 0.504 e. The lowest BCUT2D eigenvalue weighted by atomic mass is 9.94. The summed E-state index contributed by atoms with van der Waals surface area (Å²) in [6.45, 7) is 1.65. The fourth-order valence-corrected chi connectivity index (χ4v) is 3.07. The second kappa shape index (κ2) is 7.59. The SMILES string of the molecule is COc1cc(C2NC(=O)NC(C)=C2C(=O)Nc2cccc(Cl)c2)ccc1O. The van der Waals surface area contributed by atoms with Gasteiger partial charge in [0.25, 0.3) is 5.91 Å². The van der Waals surface area contributed by atoms with E-state index in [4.69, 9.17) is 16.3 Å². The average Bonchev–Trinajstić information content (AvgIpc) is 2.61. The number of rotatable bonds is 4. The molecule has 2 aromatic rings. The zero-order valence-electron chi connectivity index (χ0n) is 14.7. The van der Waals surface area contributed by atoms with Gasteiger partial charge < -0.3 is 25.8 Å². The quantitative estimate of drug-likeness (QED) is 0.646. The number of urea groups is 1. The van der Waals surface area contributed by atoms with E-state index in [-0.39, 0.29) is 17.4 Å². The fraction of sp³-hybridized carbons (Fsp3) is 0.158. The molecule has 1 aliphatic heterocycles. The Bertz CT molecular complexity index is 942. The van der Waals surface area contributed by atoms with Gasteiger partial charge in [-0.05, 0) is 42.8 Å². The van der Waals surface area contributed by atoms with Crippen LogP contribution >= 0.6 is 11.6 Å². The Balaban J connectivity index is 1.98. The molecule has 27 heavy (non-hydrogen) atoms. The first-order valence-corrected chi connectivity index (χ1v) is 8.49. The van der Waals surface area contributed by atoms with E-state index in [9.17, 15) is 14.7 Å². The Morgan fingerprint density at radius 3 is 2.74 bits per heavy atom. The van der Waals surface area contributed by atoms with Crippen LogP contribution in [0.5, 0.6) is 11.5 Å². The van der Waals surface area contributed by atoms with Crippen molar-refractivity contribution in [1.29, 1.82) is 0 Å². The highest BCUT2D eigenvalue weighted by atomic mass is 35.5. The molecule has 3 amide bonds. The molecule has 3 rings (SSSR count). The van der Waals surface area contributed by atoms with Crippen molar-refractivity contribution in [3.8, 4) is 11.5 Å². The number of ether oxygens (including phenoxy) is 1. The van der Waals surface area contributed by atoms with Crippen LogP contribution in [0.1, 0.15) is 18.5 Å². The number of carbonyl (C=O) groups excluding carboxylic acids is 2. The minimum Gasteiger partial charge on any atom is -0.504 e. The number of methoxy groups -OCH3 is 1. The van der Waals surface area contributed by atoms with Gasteiger partial charge in [-0.15, -0.1) is 0 Å². The molecular formula is C19H18ClN3O4. The summed E-state index contributed by atoms with van der Waals surface area (Å²) in [5, 5.41) is 18.4. The third-order valence-electron chi connectivity index (χ3n) is 4.13. The molecule has 0 fully saturated rings. The Hall–Kier alpha value is -3.19. The second-order valence-electron chi connectivity index (χ2n) is 5.97. The number of aromatic hydroxyl groups is 1. The Morgan fingerprint density at radius 1 is 1.26 bits per heavy atom. The maximum absolute atomic E-state index is 12.9. The zero-order chi connectivity index (χ0) is 19.6. The number of hydrogen-bond acceptors (Lipinski definition) is 4. The van der Waals surface area contributed by atoms with Gasteiger partial charge in [-0.2, -0.15) is 0 Å². The van der Waals surface area contributed by atoms with E-state index in [0.717, 1.165) is 0 Å². The molecule has 1 unspecified atom stereocenters. The van der Waals surface area contributed by atoms with Crippen molar-refractivity contribution < 1.29 is 19.4 Å². The van der Waals surface area contributed by atoms with Crippen LogP contribution in [0.2, 0.25) is 5.02 Å². The van der Waals surface area contributed by atoms with Crippen molar-refractivity contribution in [2.45, 2.75) is 13.0 Å². The summed E-state index contributed by atoms with van der Waals surface area (Å²) in [4.78, 5) is 24.9. The van der Waals surface area contributed by atoms with Crippen molar-refractivity contribution in [1.82, 2.24) is 10.6 Å². The summed E-state index contributed by atoms with van der Waals surface area (Å²) in [5.41, 5.74) is 1.89. The van der Waals surface area contributed by atoms with Crippen LogP contribution in [0, 0.1) is 0 Å². The first kappa shape index (κ1) is 18.6. The number of amides is 3. The molecule has 2 aromatic carbocycles. The summed E-state index contributed by atoms with van der Waals surface area (Å²) < 4.78 is 5.13. The molecule has 1 aliphatic rings. The number of nitrogens with one attached hydrogen (secondary N) is 3. The van der Waals surface area contributed by atoms with Gasteiger partial charge in [0.2, 0.25) is 0 Å². The molecule has 8 heteroatoms. The van der Waals surface area contributed by atoms with Crippen molar-refractivity contribution in [2.24, 2.45) is 0 Å². The summed E-state index contributed by atoms with van der Waals surface area (Å²) in [7, 11) is 1.42. The topological polar surface area (TPSA) is 99.7 Å². The van der Waals surface area contributed by atoms with Crippen LogP contribution in [0.15, 0.2) is 53.7 Å². The third kappa shape index (κ3) is 3.98. The molecule has 0 bridgehead atoms. The standard InChI is InChI=1S/C19H18ClN3O4/c1-10-16(18(25)22-13-5-3-4-12(20)9-13)17(23-19(26)21-10)11-6-7-14(24)15(8-11)27-2/h3-9,17,24H,1-2H3,(H,22,25)(H2,21,23,26). The van der Waals surface area contributed by atoms with Crippen molar-refractivity contribution >= 4 is 29.2 Å². The van der Waals surface area contributed by atoms with E-state index < -0.39 is 12.1 Å². The van der Waals surface area contributed by atoms with Gasteiger partial charge in [0.05, 0.1) is 18.7 Å². The molecule has 0 aromatic heterocycles. The van der Waals surface area contributed by atoms with Crippen LogP contribution in [0.25, 0.3) is 0 Å². The molecule has 0 saturated carbocycles. The maximum atomic E-state index is 12.9. The number of phenolic OH excluding ortho intramolecular Hbond substituents is 1. The van der Waals surface area contributed by atoms with Gasteiger partial charge in [0, 0.05) is 16.4 Å². The van der Waals surface area contributed by atoms with Crippen molar-refractivity contribution in [2.75, 3.05) is 12.4 Å². The first-order chi connectivity index (χ1) is 12.9. The molecule has 1 atom stereocenters. The van der Waals surface area contributed by atoms with Gasteiger partial charge in [0.15, 0.2) is 11.5 Å². The number of hydrogen-bond donors (Lipinski definition) is 4. The number of allylic oxidation sites excluding steroid dienone is 1. The molecule has 4 N–H and O–H groups in total. The van der Waals surface area contributed by atoms with E-state index in [1.165, 1.54) is 13.2 Å². The predicted octanol–water partition coefficient (Wildman–Crippen LogP) is 3.32. The Morgan fingerprint density at radius 2 is 2.04 bits per heavy atom. The third-order valence-corrected chi connectivity index (χ3v) is 4.37. The molecule has 1 heterocycles. The summed E-state index contributed by atoms with van der Waals surface area (Å²) in [6.07, 6.45) is 0. The number of phenols is 1. The number of carbonyl (C=O) groups is 2. The highest BCUT2D eigenvalue weighted by molar-refractivity contribution is 6.31. The van der Waals surface area contributed by atoms with E-state index in [1.807, 2.05) is 0 Å². The van der Waals surface area contributed by atoms with Gasteiger partial charge in [-0.25, -0.2) is 4.79 Å². The smallest absolute Gasteiger partial charge is 0.319 e. The fourth-order valence-electron chi connectivity index (χ4n) is 2.88. The number of anilines is 1. The molecule has 7 nitrogen and oxygen atoms in total. The first-order valence-electron chi connectivity index (χ1n) is 8.11. The summed E-state index contributed by atoms with van der Waals surface area (Å²) >= 11 is 5.96. The lowest BCUT2D eigenvalue weighted by Crippen LogP contribution is -2.45. The Kier molecular flexibility index (Phi) is 5.23. The van der Waals surface area contributed by atoms with Gasteiger partial charge in [-0.3, -0.25) is 4.79 Å². The van der Waals surface area contributed by atoms with Crippen LogP contribution in [-0.4, -0.2) is 24.2 Å². The molecule has 0 saturated heterocycles. The van der Waals surface area contributed by atoms with Gasteiger partial charge in [-0.1, -0.05) is 23.7 Å². The summed E-state index contributed by atoms with van der Waals surface area (Å²) in [6, 6.07) is 10.3. The van der Waals surface area contributed by atoms with E-state index in [1.54, 1.807) is 43.3 Å². The minimum atomic E-state index is -0.715. The normalized spacial score (nSPS) is 16.4. The van der Waals surface area contributed by atoms with Gasteiger partial charge >= 0.3 is 6.03 Å². The summed E-state index contributed by atoms with van der Waals surface area (Å²) in [5.74, 6) is -0.181. The van der Waals surface area contributed by atoms with Crippen LogP contribution < -0.4 is 20.7 Å². The molecule has 0 radical (unpaired) electrons. The lowest BCUT2D eigenvalue weighted by molar-refractivity contribution is -0.113. The average molecular weight is 388 g/mol. The van der Waals surface area contributed by atoms with Crippen molar-refractivity contribution in [3.05, 3.63) is 64.3 Å². The highest BCUT2D eigenvalue weighted by Crippen LogP contribution is 2.33.